The lowest BCUT2D eigenvalue weighted by molar-refractivity contribution is -0.126. The molecule has 0 radical (unpaired) electrons. The van der Waals surface area contributed by atoms with E-state index in [0.29, 0.717) is 24.7 Å². The zero-order chi connectivity index (χ0) is 17.3. The molecule has 0 spiro atoms. The lowest BCUT2D eigenvalue weighted by atomic mass is 9.63. The van der Waals surface area contributed by atoms with Gasteiger partial charge in [-0.05, 0) is 42.6 Å². The minimum Gasteiger partial charge on any atom is -0.497 e. The van der Waals surface area contributed by atoms with Crippen LogP contribution in [0.3, 0.4) is 0 Å². The molecule has 2 aromatic rings. The molecule has 2 aliphatic rings. The Hall–Kier alpha value is -2.13. The average Bonchev–Trinajstić information content (AvgIpc) is 2.65. The molecular formula is C22H25NO2. The summed E-state index contributed by atoms with van der Waals surface area (Å²) in [5.41, 5.74) is 2.58. The Morgan fingerprint density at radius 3 is 2.80 bits per heavy atom. The number of ketones is 1. The first-order chi connectivity index (χ1) is 12.2. The Balaban J connectivity index is 1.59. The average molecular weight is 335 g/mol. The first kappa shape index (κ1) is 16.3. The van der Waals surface area contributed by atoms with Gasteiger partial charge in [0.05, 0.1) is 7.11 Å². The highest BCUT2D eigenvalue weighted by atomic mass is 16.5. The van der Waals surface area contributed by atoms with Crippen LogP contribution in [0.5, 0.6) is 5.75 Å². The number of hydrogen-bond acceptors (Lipinski definition) is 3. The minimum absolute atomic E-state index is 0.0122. The predicted molar refractivity (Wildman–Crippen MR) is 98.8 cm³/mol. The van der Waals surface area contributed by atoms with Gasteiger partial charge in [-0.15, -0.1) is 0 Å². The number of fused-ring (bicyclic) bond motifs is 2. The minimum atomic E-state index is -0.0122. The van der Waals surface area contributed by atoms with E-state index in [1.165, 1.54) is 11.1 Å². The number of hydrogen-bond donors (Lipinski definition) is 0. The van der Waals surface area contributed by atoms with E-state index in [9.17, 15) is 4.79 Å². The molecule has 2 fully saturated rings. The topological polar surface area (TPSA) is 29.5 Å². The van der Waals surface area contributed by atoms with Crippen LogP contribution in [0.1, 0.15) is 36.8 Å². The molecule has 1 saturated carbocycles. The van der Waals surface area contributed by atoms with Gasteiger partial charge < -0.3 is 4.74 Å². The standard InChI is InChI=1S/C22H25NO2/c1-25-21-9-5-8-18(12-21)22-10-11-23(16-17-6-3-2-4-7-17)19(14-22)13-20(24)15-22/h2-9,12,19H,10-11,13-16H2,1H3. The summed E-state index contributed by atoms with van der Waals surface area (Å²) in [6, 6.07) is 19.3. The second-order valence-corrected chi connectivity index (χ2v) is 7.50. The molecule has 25 heavy (non-hydrogen) atoms. The van der Waals surface area contributed by atoms with Crippen molar-refractivity contribution in [3.05, 3.63) is 65.7 Å². The van der Waals surface area contributed by atoms with Crippen molar-refractivity contribution in [2.45, 2.75) is 43.7 Å². The van der Waals surface area contributed by atoms with Gasteiger partial charge >= 0.3 is 0 Å². The number of Topliss-reactive ketones (excluding diaryl/α,β-unsaturated/α-hetero) is 1. The van der Waals surface area contributed by atoms with Crippen molar-refractivity contribution in [3.8, 4) is 5.75 Å². The molecule has 4 rings (SSSR count). The van der Waals surface area contributed by atoms with Crippen molar-refractivity contribution in [2.75, 3.05) is 13.7 Å². The monoisotopic (exact) mass is 335 g/mol. The summed E-state index contributed by atoms with van der Waals surface area (Å²) in [5, 5.41) is 0. The number of methoxy groups -OCH3 is 1. The van der Waals surface area contributed by atoms with E-state index in [0.717, 1.165) is 31.7 Å². The Bertz CT molecular complexity index is 758. The fourth-order valence-corrected chi connectivity index (χ4v) is 4.64. The van der Waals surface area contributed by atoms with E-state index in [1.54, 1.807) is 7.11 Å². The smallest absolute Gasteiger partial charge is 0.135 e. The van der Waals surface area contributed by atoms with E-state index in [-0.39, 0.29) is 5.41 Å². The molecule has 130 valence electrons. The van der Waals surface area contributed by atoms with Gasteiger partial charge in [0.1, 0.15) is 11.5 Å². The van der Waals surface area contributed by atoms with Crippen LogP contribution in [0.25, 0.3) is 0 Å². The molecule has 2 unspecified atom stereocenters. The van der Waals surface area contributed by atoms with Crippen LogP contribution < -0.4 is 4.74 Å². The fourth-order valence-electron chi connectivity index (χ4n) is 4.64. The Morgan fingerprint density at radius 1 is 1.16 bits per heavy atom. The number of carbonyl (C=O) groups is 1. The van der Waals surface area contributed by atoms with Crippen LogP contribution in [-0.4, -0.2) is 30.4 Å². The maximum Gasteiger partial charge on any atom is 0.135 e. The largest absolute Gasteiger partial charge is 0.497 e. The number of likely N-dealkylation sites (tertiary alicyclic amines) is 1. The molecule has 1 aliphatic carbocycles. The normalized spacial score (nSPS) is 26.4. The molecule has 0 aromatic heterocycles. The Labute approximate surface area is 149 Å². The van der Waals surface area contributed by atoms with Crippen LogP contribution in [0.15, 0.2) is 54.6 Å². The summed E-state index contributed by atoms with van der Waals surface area (Å²) in [4.78, 5) is 15.1. The Morgan fingerprint density at radius 2 is 2.00 bits per heavy atom. The molecule has 3 heteroatoms. The molecular weight excluding hydrogens is 310 g/mol. The maximum atomic E-state index is 12.5. The zero-order valence-corrected chi connectivity index (χ0v) is 14.8. The predicted octanol–water partition coefficient (Wildman–Crippen LogP) is 3.96. The highest BCUT2D eigenvalue weighted by Crippen LogP contribution is 2.46. The van der Waals surface area contributed by atoms with Crippen molar-refractivity contribution >= 4 is 5.78 Å². The second kappa shape index (κ2) is 6.64. The number of nitrogens with zero attached hydrogens (tertiary/aromatic N) is 1. The van der Waals surface area contributed by atoms with Gasteiger partial charge in [0.25, 0.3) is 0 Å². The fraction of sp³-hybridized carbons (Fsp3) is 0.409. The van der Waals surface area contributed by atoms with E-state index in [4.69, 9.17) is 4.74 Å². The van der Waals surface area contributed by atoms with E-state index >= 15 is 0 Å². The van der Waals surface area contributed by atoms with Crippen LogP contribution in [0.4, 0.5) is 0 Å². The van der Waals surface area contributed by atoms with Crippen molar-refractivity contribution in [2.24, 2.45) is 0 Å². The zero-order valence-electron chi connectivity index (χ0n) is 14.8. The Kier molecular flexibility index (Phi) is 4.34. The van der Waals surface area contributed by atoms with Gasteiger partial charge in [-0.2, -0.15) is 0 Å². The van der Waals surface area contributed by atoms with Gasteiger partial charge in [-0.25, -0.2) is 0 Å². The number of ether oxygens (including phenoxy) is 1. The molecule has 1 saturated heterocycles. The van der Waals surface area contributed by atoms with Gasteiger partial charge in [0.15, 0.2) is 0 Å². The van der Waals surface area contributed by atoms with Crippen molar-refractivity contribution in [1.29, 1.82) is 0 Å². The molecule has 1 aliphatic heterocycles. The lowest BCUT2D eigenvalue weighted by Gasteiger charge is -2.50. The van der Waals surface area contributed by atoms with E-state index in [1.807, 2.05) is 12.1 Å². The molecule has 2 atom stereocenters. The molecule has 3 nitrogen and oxygen atoms in total. The summed E-state index contributed by atoms with van der Waals surface area (Å²) in [6.07, 6.45) is 3.47. The van der Waals surface area contributed by atoms with Gasteiger partial charge in [0.2, 0.25) is 0 Å². The van der Waals surface area contributed by atoms with Crippen molar-refractivity contribution in [1.82, 2.24) is 4.90 Å². The van der Waals surface area contributed by atoms with Crippen LogP contribution >= 0.6 is 0 Å². The first-order valence-electron chi connectivity index (χ1n) is 9.13. The quantitative estimate of drug-likeness (QED) is 0.847. The first-order valence-corrected chi connectivity index (χ1v) is 9.13. The van der Waals surface area contributed by atoms with Crippen LogP contribution in [-0.2, 0) is 16.8 Å². The summed E-state index contributed by atoms with van der Waals surface area (Å²) < 4.78 is 5.41. The summed E-state index contributed by atoms with van der Waals surface area (Å²) in [6.45, 7) is 1.98. The van der Waals surface area contributed by atoms with Crippen LogP contribution in [0.2, 0.25) is 0 Å². The van der Waals surface area contributed by atoms with Gasteiger partial charge in [-0.1, -0.05) is 42.5 Å². The molecule has 0 N–H and O–H groups in total. The second-order valence-electron chi connectivity index (χ2n) is 7.50. The number of carbonyl (C=O) groups excluding carboxylic acids is 1. The maximum absolute atomic E-state index is 12.5. The van der Waals surface area contributed by atoms with Gasteiger partial charge in [-0.3, -0.25) is 9.69 Å². The van der Waals surface area contributed by atoms with Crippen LogP contribution in [0, 0.1) is 0 Å². The third-order valence-electron chi connectivity index (χ3n) is 5.93. The summed E-state index contributed by atoms with van der Waals surface area (Å²) in [5.74, 6) is 1.28. The van der Waals surface area contributed by atoms with E-state index in [2.05, 4.69) is 47.4 Å². The molecule has 1 heterocycles. The SMILES string of the molecule is COc1cccc(C23CCN(Cc4ccccc4)C(CC(=O)C2)C3)c1. The number of piperidine rings is 1. The number of benzene rings is 2. The lowest BCUT2D eigenvalue weighted by Crippen LogP contribution is -2.53. The highest BCUT2D eigenvalue weighted by Gasteiger charge is 2.46. The van der Waals surface area contributed by atoms with Crippen molar-refractivity contribution in [3.63, 3.8) is 0 Å². The summed E-state index contributed by atoms with van der Waals surface area (Å²) in [7, 11) is 1.70. The highest BCUT2D eigenvalue weighted by molar-refractivity contribution is 5.82. The number of rotatable bonds is 4. The van der Waals surface area contributed by atoms with Gasteiger partial charge in [0, 0.05) is 30.8 Å². The third kappa shape index (κ3) is 3.21. The van der Waals surface area contributed by atoms with E-state index < -0.39 is 0 Å². The molecule has 0 amide bonds. The molecule has 2 bridgehead atoms. The third-order valence-corrected chi connectivity index (χ3v) is 5.93. The van der Waals surface area contributed by atoms with Crippen molar-refractivity contribution < 1.29 is 9.53 Å². The summed E-state index contributed by atoms with van der Waals surface area (Å²) >= 11 is 0. The molecule has 2 aromatic carbocycles.